The molecule has 100 valence electrons. The molecule has 1 saturated heterocycles. The monoisotopic (exact) mass is 249 g/mol. The number of hydrogen-bond donors (Lipinski definition) is 1. The fourth-order valence-electron chi connectivity index (χ4n) is 2.16. The fraction of sp³-hybridized carbons (Fsp3) is 0.643. The quantitative estimate of drug-likeness (QED) is 0.838. The lowest BCUT2D eigenvalue weighted by Crippen LogP contribution is -2.31. The van der Waals surface area contributed by atoms with E-state index in [1.807, 2.05) is 6.20 Å². The van der Waals surface area contributed by atoms with Gasteiger partial charge in [-0.05, 0) is 31.5 Å². The molecule has 1 aromatic heterocycles. The van der Waals surface area contributed by atoms with Crippen molar-refractivity contribution in [2.75, 3.05) is 32.1 Å². The molecule has 0 aliphatic carbocycles. The van der Waals surface area contributed by atoms with Gasteiger partial charge in [0.25, 0.3) is 0 Å². The Morgan fingerprint density at radius 2 is 2.39 bits per heavy atom. The van der Waals surface area contributed by atoms with E-state index in [9.17, 15) is 0 Å². The Morgan fingerprint density at radius 3 is 3.00 bits per heavy atom. The van der Waals surface area contributed by atoms with Crippen LogP contribution in [0, 0.1) is 0 Å². The first-order valence-electron chi connectivity index (χ1n) is 6.76. The molecule has 1 atom stereocenters. The van der Waals surface area contributed by atoms with Gasteiger partial charge in [-0.15, -0.1) is 0 Å². The van der Waals surface area contributed by atoms with Crippen LogP contribution in [0.2, 0.25) is 0 Å². The van der Waals surface area contributed by atoms with E-state index < -0.39 is 0 Å². The number of nitrogens with zero attached hydrogens (tertiary/aromatic N) is 2. The molecule has 4 heteroatoms. The third kappa shape index (κ3) is 3.68. The SMILES string of the molecule is CCCNc1ccc(CN(C)C2CCOC2)cn1. The molecule has 1 unspecified atom stereocenters. The first-order valence-corrected chi connectivity index (χ1v) is 6.76. The van der Waals surface area contributed by atoms with Gasteiger partial charge in [0, 0.05) is 31.9 Å². The summed E-state index contributed by atoms with van der Waals surface area (Å²) in [6, 6.07) is 4.77. The van der Waals surface area contributed by atoms with Crippen molar-refractivity contribution < 1.29 is 4.74 Å². The summed E-state index contributed by atoms with van der Waals surface area (Å²) in [5, 5.41) is 3.29. The smallest absolute Gasteiger partial charge is 0.125 e. The molecular formula is C14H23N3O. The Morgan fingerprint density at radius 1 is 1.50 bits per heavy atom. The van der Waals surface area contributed by atoms with Crippen molar-refractivity contribution in [2.45, 2.75) is 32.4 Å². The Labute approximate surface area is 109 Å². The molecule has 1 aliphatic rings. The van der Waals surface area contributed by atoms with Gasteiger partial charge in [0.2, 0.25) is 0 Å². The minimum atomic E-state index is 0.558. The molecule has 1 aliphatic heterocycles. The standard InChI is InChI=1S/C14H23N3O/c1-3-7-15-14-5-4-12(9-16-14)10-17(2)13-6-8-18-11-13/h4-5,9,13H,3,6-8,10-11H2,1-2H3,(H,15,16). The van der Waals surface area contributed by atoms with Gasteiger partial charge in [-0.1, -0.05) is 13.0 Å². The van der Waals surface area contributed by atoms with Gasteiger partial charge in [-0.2, -0.15) is 0 Å². The second-order valence-electron chi connectivity index (χ2n) is 4.91. The number of aromatic nitrogens is 1. The van der Waals surface area contributed by atoms with E-state index in [4.69, 9.17) is 4.74 Å². The summed E-state index contributed by atoms with van der Waals surface area (Å²) in [7, 11) is 2.16. The van der Waals surface area contributed by atoms with Crippen LogP contribution in [0.15, 0.2) is 18.3 Å². The molecule has 1 N–H and O–H groups in total. The first kappa shape index (κ1) is 13.3. The van der Waals surface area contributed by atoms with Crippen LogP contribution < -0.4 is 5.32 Å². The summed E-state index contributed by atoms with van der Waals surface area (Å²) in [5.41, 5.74) is 1.26. The van der Waals surface area contributed by atoms with Gasteiger partial charge >= 0.3 is 0 Å². The van der Waals surface area contributed by atoms with Crippen molar-refractivity contribution in [3.05, 3.63) is 23.9 Å². The number of anilines is 1. The summed E-state index contributed by atoms with van der Waals surface area (Å²) in [5.74, 6) is 0.965. The predicted molar refractivity (Wildman–Crippen MR) is 73.7 cm³/mol. The highest BCUT2D eigenvalue weighted by Crippen LogP contribution is 2.14. The van der Waals surface area contributed by atoms with Crippen LogP contribution in [0.1, 0.15) is 25.3 Å². The zero-order valence-corrected chi connectivity index (χ0v) is 11.4. The molecule has 0 saturated carbocycles. The average Bonchev–Trinajstić information content (AvgIpc) is 2.92. The van der Waals surface area contributed by atoms with Crippen molar-refractivity contribution in [3.63, 3.8) is 0 Å². The molecule has 1 aromatic rings. The van der Waals surface area contributed by atoms with Crippen molar-refractivity contribution in [2.24, 2.45) is 0 Å². The summed E-state index contributed by atoms with van der Waals surface area (Å²) < 4.78 is 5.41. The van der Waals surface area contributed by atoms with Gasteiger partial charge in [0.15, 0.2) is 0 Å². The number of likely N-dealkylation sites (N-methyl/N-ethyl adjacent to an activating group) is 1. The van der Waals surface area contributed by atoms with Crippen LogP contribution in [-0.2, 0) is 11.3 Å². The third-order valence-corrected chi connectivity index (χ3v) is 3.34. The number of rotatable bonds is 6. The van der Waals surface area contributed by atoms with E-state index in [2.05, 4.69) is 41.3 Å². The van der Waals surface area contributed by atoms with Gasteiger partial charge in [-0.25, -0.2) is 4.98 Å². The maximum Gasteiger partial charge on any atom is 0.125 e. The number of hydrogen-bond acceptors (Lipinski definition) is 4. The van der Waals surface area contributed by atoms with E-state index in [1.165, 1.54) is 5.56 Å². The average molecular weight is 249 g/mol. The molecule has 2 heterocycles. The minimum absolute atomic E-state index is 0.558. The minimum Gasteiger partial charge on any atom is -0.380 e. The van der Waals surface area contributed by atoms with E-state index >= 15 is 0 Å². The Hall–Kier alpha value is -1.13. The zero-order chi connectivity index (χ0) is 12.8. The summed E-state index contributed by atoms with van der Waals surface area (Å²) in [4.78, 5) is 6.78. The maximum absolute atomic E-state index is 5.41. The molecule has 1 fully saturated rings. The zero-order valence-electron chi connectivity index (χ0n) is 11.4. The van der Waals surface area contributed by atoms with Crippen LogP contribution in [0.4, 0.5) is 5.82 Å². The molecular weight excluding hydrogens is 226 g/mol. The fourth-order valence-corrected chi connectivity index (χ4v) is 2.16. The van der Waals surface area contributed by atoms with Crippen LogP contribution in [0.3, 0.4) is 0 Å². The van der Waals surface area contributed by atoms with Gasteiger partial charge in [0.05, 0.1) is 6.61 Å². The lowest BCUT2D eigenvalue weighted by molar-refractivity contribution is 0.156. The normalized spacial score (nSPS) is 19.4. The van der Waals surface area contributed by atoms with Crippen LogP contribution in [0.25, 0.3) is 0 Å². The molecule has 0 spiro atoms. The van der Waals surface area contributed by atoms with Crippen molar-refractivity contribution in [3.8, 4) is 0 Å². The van der Waals surface area contributed by atoms with Crippen molar-refractivity contribution in [1.82, 2.24) is 9.88 Å². The predicted octanol–water partition coefficient (Wildman–Crippen LogP) is 2.12. The molecule has 0 aromatic carbocycles. The summed E-state index contributed by atoms with van der Waals surface area (Å²) in [6.07, 6.45) is 4.22. The Balaban J connectivity index is 1.85. The lowest BCUT2D eigenvalue weighted by atomic mass is 10.2. The molecule has 18 heavy (non-hydrogen) atoms. The topological polar surface area (TPSA) is 37.4 Å². The number of ether oxygens (including phenoxy) is 1. The van der Waals surface area contributed by atoms with Gasteiger partial charge in [-0.3, -0.25) is 4.90 Å². The second kappa shape index (κ2) is 6.71. The van der Waals surface area contributed by atoms with E-state index in [0.29, 0.717) is 6.04 Å². The van der Waals surface area contributed by atoms with Crippen molar-refractivity contribution >= 4 is 5.82 Å². The van der Waals surface area contributed by atoms with Crippen molar-refractivity contribution in [1.29, 1.82) is 0 Å². The highest BCUT2D eigenvalue weighted by atomic mass is 16.5. The molecule has 2 rings (SSSR count). The third-order valence-electron chi connectivity index (χ3n) is 3.34. The highest BCUT2D eigenvalue weighted by molar-refractivity contribution is 5.35. The maximum atomic E-state index is 5.41. The van der Waals surface area contributed by atoms with E-state index in [0.717, 1.165) is 45.0 Å². The van der Waals surface area contributed by atoms with Crippen LogP contribution >= 0.6 is 0 Å². The summed E-state index contributed by atoms with van der Waals surface area (Å²) in [6.45, 7) is 5.83. The van der Waals surface area contributed by atoms with Gasteiger partial charge < -0.3 is 10.1 Å². The second-order valence-corrected chi connectivity index (χ2v) is 4.91. The van der Waals surface area contributed by atoms with Crippen LogP contribution in [-0.4, -0.2) is 42.7 Å². The van der Waals surface area contributed by atoms with Gasteiger partial charge in [0.1, 0.15) is 5.82 Å². The Kier molecular flexibility index (Phi) is 4.96. The molecule has 0 amide bonds. The molecule has 0 bridgehead atoms. The number of pyridine rings is 1. The molecule has 0 radical (unpaired) electrons. The largest absolute Gasteiger partial charge is 0.380 e. The van der Waals surface area contributed by atoms with Crippen LogP contribution in [0.5, 0.6) is 0 Å². The molecule has 4 nitrogen and oxygen atoms in total. The van der Waals surface area contributed by atoms with E-state index in [-0.39, 0.29) is 0 Å². The lowest BCUT2D eigenvalue weighted by Gasteiger charge is -2.22. The summed E-state index contributed by atoms with van der Waals surface area (Å²) >= 11 is 0. The highest BCUT2D eigenvalue weighted by Gasteiger charge is 2.20. The van der Waals surface area contributed by atoms with E-state index in [1.54, 1.807) is 0 Å². The first-order chi connectivity index (χ1) is 8.79. The number of nitrogens with one attached hydrogen (secondary N) is 1. The Bertz CT molecular complexity index is 347.